The van der Waals surface area contributed by atoms with Gasteiger partial charge in [-0.1, -0.05) is 0 Å². The lowest BCUT2D eigenvalue weighted by Gasteiger charge is -2.19. The predicted octanol–water partition coefficient (Wildman–Crippen LogP) is 0.427. The number of nitrogens with two attached hydrogens (primary N) is 1. The number of hydrogen-bond donors (Lipinski definition) is 4. The summed E-state index contributed by atoms with van der Waals surface area (Å²) in [6.07, 6.45) is -1.19. The minimum absolute atomic E-state index is 0.00759. The number of Topliss-reactive ketones (excluding diaryl/α,β-unsaturated/α-hetero) is 1. The molecule has 0 saturated carbocycles. The minimum Gasteiger partial charge on any atom is -0.444 e. The van der Waals surface area contributed by atoms with E-state index in [0.717, 1.165) is 0 Å². The monoisotopic (exact) mass is 403 g/mol. The van der Waals surface area contributed by atoms with Gasteiger partial charge < -0.3 is 30.3 Å². The second-order valence-electron chi connectivity index (χ2n) is 7.46. The quantitative estimate of drug-likeness (QED) is 0.542. The van der Waals surface area contributed by atoms with Crippen LogP contribution in [0.15, 0.2) is 9.21 Å². The van der Waals surface area contributed by atoms with Crippen molar-refractivity contribution in [2.24, 2.45) is 5.73 Å². The molecule has 0 fully saturated rings. The van der Waals surface area contributed by atoms with Gasteiger partial charge in [-0.15, -0.1) is 5.10 Å². The highest BCUT2D eigenvalue weighted by molar-refractivity contribution is 5.85. The van der Waals surface area contributed by atoms with Crippen LogP contribution in [0.2, 0.25) is 0 Å². The molecule has 1 aromatic heterocycles. The van der Waals surface area contributed by atoms with E-state index in [9.17, 15) is 19.2 Å². The van der Waals surface area contributed by atoms with Gasteiger partial charge in [-0.3, -0.25) is 4.79 Å². The Bertz CT molecular complexity index is 697. The van der Waals surface area contributed by atoms with Crippen molar-refractivity contribution in [1.29, 1.82) is 0 Å². The largest absolute Gasteiger partial charge is 0.444 e. The van der Waals surface area contributed by atoms with Crippen molar-refractivity contribution in [2.45, 2.75) is 59.3 Å². The van der Waals surface area contributed by atoms with Gasteiger partial charge in [0.1, 0.15) is 11.2 Å². The molecule has 0 unspecified atom stereocenters. The number of aromatic nitrogens is 2. The van der Waals surface area contributed by atoms with Crippen LogP contribution in [-0.2, 0) is 20.8 Å². The molecule has 5 N–H and O–H groups in total. The maximum absolute atomic E-state index is 11.1. The second-order valence-corrected chi connectivity index (χ2v) is 7.46. The van der Waals surface area contributed by atoms with Gasteiger partial charge in [-0.05, 0) is 41.5 Å². The maximum Gasteiger partial charge on any atom is 0.434 e. The smallest absolute Gasteiger partial charge is 0.434 e. The van der Waals surface area contributed by atoms with E-state index in [1.807, 2.05) is 0 Å². The number of rotatable bonds is 5. The lowest BCUT2D eigenvalue weighted by molar-refractivity contribution is -0.117. The van der Waals surface area contributed by atoms with Crippen LogP contribution in [0.3, 0.4) is 0 Å². The highest BCUT2D eigenvalue weighted by Crippen LogP contribution is 2.07. The van der Waals surface area contributed by atoms with Crippen molar-refractivity contribution in [3.8, 4) is 0 Å². The van der Waals surface area contributed by atoms with Crippen molar-refractivity contribution in [3.63, 3.8) is 0 Å². The Morgan fingerprint density at radius 1 is 1.04 bits per heavy atom. The minimum atomic E-state index is -0.656. The topological polar surface area (TPSA) is 179 Å². The van der Waals surface area contributed by atoms with E-state index in [1.165, 1.54) is 0 Å². The number of ether oxygens (including phenoxy) is 2. The molecule has 0 bridgehead atoms. The van der Waals surface area contributed by atoms with Gasteiger partial charge in [-0.25, -0.2) is 19.5 Å². The van der Waals surface area contributed by atoms with Crippen LogP contribution < -0.4 is 22.1 Å². The summed E-state index contributed by atoms with van der Waals surface area (Å²) in [5.41, 5.74) is 3.94. The fourth-order valence-corrected chi connectivity index (χ4v) is 1.36. The molecule has 1 heterocycles. The Kier molecular flexibility index (Phi) is 9.92. The van der Waals surface area contributed by atoms with Gasteiger partial charge in [0.05, 0.1) is 19.6 Å². The molecule has 12 nitrogen and oxygen atoms in total. The van der Waals surface area contributed by atoms with Gasteiger partial charge in [0.15, 0.2) is 5.78 Å². The van der Waals surface area contributed by atoms with E-state index in [4.69, 9.17) is 15.2 Å². The molecule has 0 aliphatic carbocycles. The third-order valence-corrected chi connectivity index (χ3v) is 2.32. The van der Waals surface area contributed by atoms with Crippen LogP contribution in [-0.4, -0.2) is 52.5 Å². The Balaban J connectivity index is 0.000000528. The lowest BCUT2D eigenvalue weighted by atomic mass is 10.2. The standard InChI is InChI=1S/C8H13N3O4.C8H16N2O3/c1-8(2,3)15-6(12)9-4-5-10-11-7(13)14-5;1-8(2,3)13-7(12)10-5-6(11)4-9/h4H2,1-3H3,(H,9,12)(H,11,13);4-5,9H2,1-3H3,(H,10,12). The fraction of sp³-hybridized carbons (Fsp3) is 0.688. The van der Waals surface area contributed by atoms with E-state index in [2.05, 4.69) is 25.2 Å². The molecule has 0 aliphatic rings. The average molecular weight is 403 g/mol. The summed E-state index contributed by atoms with van der Waals surface area (Å²) in [5, 5.41) is 10.3. The maximum atomic E-state index is 11.1. The number of nitrogens with one attached hydrogen (secondary N) is 3. The molecule has 1 aromatic rings. The normalized spacial score (nSPS) is 11.0. The van der Waals surface area contributed by atoms with Gasteiger partial charge in [-0.2, -0.15) is 0 Å². The molecule has 0 spiro atoms. The van der Waals surface area contributed by atoms with Crippen LogP contribution in [0.5, 0.6) is 0 Å². The number of carbonyl (C=O) groups is 3. The SMILES string of the molecule is CC(C)(C)OC(=O)NCC(=O)CN.CC(C)(C)OC(=O)NCc1n[nH]c(=O)o1. The van der Waals surface area contributed by atoms with E-state index in [1.54, 1.807) is 41.5 Å². The first-order valence-corrected chi connectivity index (χ1v) is 8.41. The highest BCUT2D eigenvalue weighted by Gasteiger charge is 2.17. The van der Waals surface area contributed by atoms with Crippen molar-refractivity contribution < 1.29 is 28.3 Å². The van der Waals surface area contributed by atoms with Crippen LogP contribution in [0.1, 0.15) is 47.4 Å². The summed E-state index contributed by atoms with van der Waals surface area (Å²) in [5.74, 6) is -0.785. The number of aromatic amines is 1. The van der Waals surface area contributed by atoms with Gasteiger partial charge in [0.2, 0.25) is 5.89 Å². The number of amides is 2. The van der Waals surface area contributed by atoms with Crippen molar-refractivity contribution in [1.82, 2.24) is 20.8 Å². The molecule has 0 aromatic carbocycles. The molecule has 0 atom stereocenters. The number of H-pyrrole nitrogens is 1. The van der Waals surface area contributed by atoms with Crippen LogP contribution in [0.4, 0.5) is 9.59 Å². The molecule has 0 saturated heterocycles. The Labute approximate surface area is 162 Å². The summed E-state index contributed by atoms with van der Waals surface area (Å²) < 4.78 is 14.4. The number of carbonyl (C=O) groups excluding carboxylic acids is 3. The van der Waals surface area contributed by atoms with E-state index in [-0.39, 0.29) is 31.3 Å². The van der Waals surface area contributed by atoms with Gasteiger partial charge in [0.25, 0.3) is 0 Å². The zero-order valence-electron chi connectivity index (χ0n) is 17.0. The number of ketones is 1. The first-order valence-electron chi connectivity index (χ1n) is 8.41. The Hall–Kier alpha value is -2.89. The zero-order chi connectivity index (χ0) is 22.0. The summed E-state index contributed by atoms with van der Waals surface area (Å²) in [6, 6.07) is 0. The van der Waals surface area contributed by atoms with Crippen LogP contribution in [0.25, 0.3) is 0 Å². The molecule has 2 amide bonds. The summed E-state index contributed by atoms with van der Waals surface area (Å²) in [6.45, 7) is 10.4. The van der Waals surface area contributed by atoms with Crippen molar-refractivity contribution >= 4 is 18.0 Å². The van der Waals surface area contributed by atoms with Crippen LogP contribution in [0, 0.1) is 0 Å². The molecule has 0 aliphatic heterocycles. The van der Waals surface area contributed by atoms with Crippen molar-refractivity contribution in [2.75, 3.05) is 13.1 Å². The van der Waals surface area contributed by atoms with E-state index in [0.29, 0.717) is 0 Å². The highest BCUT2D eigenvalue weighted by atomic mass is 16.6. The molecule has 160 valence electrons. The summed E-state index contributed by atoms with van der Waals surface area (Å²) in [7, 11) is 0. The summed E-state index contributed by atoms with van der Waals surface area (Å²) in [4.78, 5) is 43.3. The molecule has 28 heavy (non-hydrogen) atoms. The molecular formula is C16H29N5O7. The van der Waals surface area contributed by atoms with Gasteiger partial charge in [0, 0.05) is 0 Å². The molecule has 12 heteroatoms. The fourth-order valence-electron chi connectivity index (χ4n) is 1.36. The van der Waals surface area contributed by atoms with Crippen LogP contribution >= 0.6 is 0 Å². The third kappa shape index (κ3) is 14.3. The second kappa shape index (κ2) is 11.1. The lowest BCUT2D eigenvalue weighted by Crippen LogP contribution is -2.37. The number of hydrogen-bond acceptors (Lipinski definition) is 9. The molecule has 1 rings (SSSR count). The Morgan fingerprint density at radius 2 is 1.54 bits per heavy atom. The number of alkyl carbamates (subject to hydrolysis) is 2. The molecular weight excluding hydrogens is 374 g/mol. The average Bonchev–Trinajstić information content (AvgIpc) is 2.93. The number of nitrogens with zero attached hydrogens (tertiary/aromatic N) is 1. The summed E-state index contributed by atoms with van der Waals surface area (Å²) >= 11 is 0. The Morgan fingerprint density at radius 3 is 1.93 bits per heavy atom. The van der Waals surface area contributed by atoms with Gasteiger partial charge >= 0.3 is 17.9 Å². The molecule has 0 radical (unpaired) electrons. The predicted molar refractivity (Wildman–Crippen MR) is 98.5 cm³/mol. The first-order chi connectivity index (χ1) is 12.7. The third-order valence-electron chi connectivity index (χ3n) is 2.32. The van der Waals surface area contributed by atoms with Crippen molar-refractivity contribution in [3.05, 3.63) is 16.4 Å². The van der Waals surface area contributed by atoms with E-state index < -0.39 is 29.1 Å². The zero-order valence-corrected chi connectivity index (χ0v) is 17.0. The van der Waals surface area contributed by atoms with E-state index >= 15 is 0 Å². The first kappa shape index (κ1) is 25.1.